The summed E-state index contributed by atoms with van der Waals surface area (Å²) in [7, 11) is 0. The Kier molecular flexibility index (Phi) is 4.88. The molecule has 1 aliphatic heterocycles. The van der Waals surface area contributed by atoms with Crippen molar-refractivity contribution >= 4 is 34.8 Å². The van der Waals surface area contributed by atoms with E-state index in [1.807, 2.05) is 55.5 Å². The lowest BCUT2D eigenvalue weighted by Crippen LogP contribution is -2.45. The Hall–Kier alpha value is -3.11. The molecular weight excluding hydrogens is 372 g/mol. The van der Waals surface area contributed by atoms with E-state index in [4.69, 9.17) is 11.6 Å². The van der Waals surface area contributed by atoms with Crippen LogP contribution in [0.1, 0.15) is 21.5 Å². The Morgan fingerprint density at radius 1 is 1.00 bits per heavy atom. The average molecular weight is 391 g/mol. The summed E-state index contributed by atoms with van der Waals surface area (Å²) >= 11 is 6.08. The number of anilines is 2. The molecule has 1 N–H and O–H groups in total. The number of carbonyl (C=O) groups excluding carboxylic acids is 2. The first-order chi connectivity index (χ1) is 13.5. The van der Waals surface area contributed by atoms with Gasteiger partial charge in [0.15, 0.2) is 0 Å². The molecule has 140 valence electrons. The second-order valence-electron chi connectivity index (χ2n) is 6.84. The quantitative estimate of drug-likeness (QED) is 0.694. The van der Waals surface area contributed by atoms with Gasteiger partial charge in [-0.15, -0.1) is 0 Å². The van der Waals surface area contributed by atoms with Gasteiger partial charge in [-0.25, -0.2) is 0 Å². The Morgan fingerprint density at radius 3 is 2.50 bits per heavy atom. The zero-order valence-electron chi connectivity index (χ0n) is 15.4. The predicted octanol–water partition coefficient (Wildman–Crippen LogP) is 4.86. The molecule has 2 amide bonds. The molecule has 0 aliphatic carbocycles. The summed E-state index contributed by atoms with van der Waals surface area (Å²) < 4.78 is 0. The van der Waals surface area contributed by atoms with E-state index >= 15 is 0 Å². The Morgan fingerprint density at radius 2 is 1.71 bits per heavy atom. The molecule has 4 rings (SSSR count). The van der Waals surface area contributed by atoms with Crippen LogP contribution in [0.2, 0.25) is 5.02 Å². The Bertz CT molecular complexity index is 1050. The SMILES string of the molecule is Cc1ccc(Cl)cc1NC(=O)[C@@H]1Cc2ccccc2N1C(=O)c1ccccc1. The largest absolute Gasteiger partial charge is 0.324 e. The van der Waals surface area contributed by atoms with Crippen LogP contribution in [0.4, 0.5) is 11.4 Å². The number of halogens is 1. The number of rotatable bonds is 3. The van der Waals surface area contributed by atoms with Gasteiger partial charge in [-0.3, -0.25) is 14.5 Å². The van der Waals surface area contributed by atoms with Crippen LogP contribution in [-0.2, 0) is 11.2 Å². The minimum Gasteiger partial charge on any atom is -0.324 e. The van der Waals surface area contributed by atoms with Gasteiger partial charge in [-0.05, 0) is 48.4 Å². The van der Waals surface area contributed by atoms with Crippen molar-refractivity contribution in [1.82, 2.24) is 0 Å². The van der Waals surface area contributed by atoms with Gasteiger partial charge in [0, 0.05) is 28.4 Å². The number of hydrogen-bond donors (Lipinski definition) is 1. The molecule has 5 heteroatoms. The molecule has 3 aromatic carbocycles. The van der Waals surface area contributed by atoms with Crippen molar-refractivity contribution in [2.24, 2.45) is 0 Å². The summed E-state index contributed by atoms with van der Waals surface area (Å²) in [6, 6.07) is 21.4. The van der Waals surface area contributed by atoms with Crippen LogP contribution in [0.25, 0.3) is 0 Å². The maximum absolute atomic E-state index is 13.2. The lowest BCUT2D eigenvalue weighted by atomic mass is 10.1. The number of aryl methyl sites for hydroxylation is 1. The lowest BCUT2D eigenvalue weighted by Gasteiger charge is -2.25. The first-order valence-electron chi connectivity index (χ1n) is 9.08. The topological polar surface area (TPSA) is 49.4 Å². The Balaban J connectivity index is 1.68. The summed E-state index contributed by atoms with van der Waals surface area (Å²) in [6.07, 6.45) is 0.472. The van der Waals surface area contributed by atoms with Crippen molar-refractivity contribution in [1.29, 1.82) is 0 Å². The number of para-hydroxylation sites is 1. The summed E-state index contributed by atoms with van der Waals surface area (Å²) in [5.74, 6) is -0.417. The van der Waals surface area contributed by atoms with Crippen LogP contribution in [-0.4, -0.2) is 17.9 Å². The zero-order valence-corrected chi connectivity index (χ0v) is 16.1. The van der Waals surface area contributed by atoms with E-state index in [0.29, 0.717) is 22.7 Å². The first kappa shape index (κ1) is 18.3. The highest BCUT2D eigenvalue weighted by Crippen LogP contribution is 2.34. The molecule has 0 saturated heterocycles. The summed E-state index contributed by atoms with van der Waals surface area (Å²) in [6.45, 7) is 1.90. The highest BCUT2D eigenvalue weighted by Gasteiger charge is 2.38. The fraction of sp³-hybridized carbons (Fsp3) is 0.130. The molecule has 0 bridgehead atoms. The number of nitrogens with one attached hydrogen (secondary N) is 1. The van der Waals surface area contributed by atoms with E-state index in [1.165, 1.54) is 0 Å². The molecule has 28 heavy (non-hydrogen) atoms. The van der Waals surface area contributed by atoms with Gasteiger partial charge in [0.2, 0.25) is 5.91 Å². The van der Waals surface area contributed by atoms with E-state index in [-0.39, 0.29) is 11.8 Å². The van der Waals surface area contributed by atoms with Crippen molar-refractivity contribution in [3.63, 3.8) is 0 Å². The zero-order chi connectivity index (χ0) is 19.7. The molecule has 1 aliphatic rings. The first-order valence-corrected chi connectivity index (χ1v) is 9.46. The Labute approximate surface area is 168 Å². The molecule has 0 spiro atoms. The van der Waals surface area contributed by atoms with Gasteiger partial charge in [-0.2, -0.15) is 0 Å². The third kappa shape index (κ3) is 3.39. The van der Waals surface area contributed by atoms with Crippen molar-refractivity contribution in [3.8, 4) is 0 Å². The van der Waals surface area contributed by atoms with Crippen molar-refractivity contribution in [2.75, 3.05) is 10.2 Å². The van der Waals surface area contributed by atoms with E-state index in [1.54, 1.807) is 29.2 Å². The summed E-state index contributed by atoms with van der Waals surface area (Å²) in [5.41, 5.74) is 3.87. The van der Waals surface area contributed by atoms with Crippen molar-refractivity contribution in [2.45, 2.75) is 19.4 Å². The smallest absolute Gasteiger partial charge is 0.259 e. The summed E-state index contributed by atoms with van der Waals surface area (Å²) in [4.78, 5) is 28.0. The van der Waals surface area contributed by atoms with Gasteiger partial charge >= 0.3 is 0 Å². The maximum atomic E-state index is 13.2. The van der Waals surface area contributed by atoms with Gasteiger partial charge in [0.1, 0.15) is 6.04 Å². The van der Waals surface area contributed by atoms with Gasteiger partial charge in [-0.1, -0.05) is 54.1 Å². The third-order valence-corrected chi connectivity index (χ3v) is 5.21. The number of carbonyl (C=O) groups is 2. The molecule has 1 atom stereocenters. The van der Waals surface area contributed by atoms with Crippen LogP contribution >= 0.6 is 11.6 Å². The number of hydrogen-bond acceptors (Lipinski definition) is 2. The van der Waals surface area contributed by atoms with Gasteiger partial charge in [0.25, 0.3) is 5.91 Å². The second-order valence-corrected chi connectivity index (χ2v) is 7.27. The second kappa shape index (κ2) is 7.49. The molecule has 4 nitrogen and oxygen atoms in total. The molecule has 3 aromatic rings. The van der Waals surface area contributed by atoms with Crippen LogP contribution in [0.5, 0.6) is 0 Å². The van der Waals surface area contributed by atoms with Crippen LogP contribution in [0.3, 0.4) is 0 Å². The van der Waals surface area contributed by atoms with Crippen LogP contribution in [0.15, 0.2) is 72.8 Å². The minimum atomic E-state index is -0.622. The standard InChI is InChI=1S/C23H19ClN2O2/c1-15-11-12-18(24)14-19(15)25-22(27)21-13-17-9-5-6-10-20(17)26(21)23(28)16-7-3-2-4-8-16/h2-12,14,21H,13H2,1H3,(H,25,27)/t21-/m0/s1. The van der Waals surface area contributed by atoms with Gasteiger partial charge in [0.05, 0.1) is 0 Å². The average Bonchev–Trinajstić information content (AvgIpc) is 3.10. The molecular formula is C23H19ClN2O2. The van der Waals surface area contributed by atoms with Crippen LogP contribution in [0, 0.1) is 6.92 Å². The molecule has 1 heterocycles. The van der Waals surface area contributed by atoms with Gasteiger partial charge < -0.3 is 5.32 Å². The van der Waals surface area contributed by atoms with Crippen molar-refractivity contribution in [3.05, 3.63) is 94.5 Å². The number of fused-ring (bicyclic) bond motifs is 1. The van der Waals surface area contributed by atoms with Crippen molar-refractivity contribution < 1.29 is 9.59 Å². The number of benzene rings is 3. The fourth-order valence-corrected chi connectivity index (χ4v) is 3.68. The normalized spacial score (nSPS) is 15.2. The minimum absolute atomic E-state index is 0.187. The maximum Gasteiger partial charge on any atom is 0.259 e. The fourth-order valence-electron chi connectivity index (χ4n) is 3.51. The van der Waals surface area contributed by atoms with E-state index in [2.05, 4.69) is 5.32 Å². The van der Waals surface area contributed by atoms with E-state index in [9.17, 15) is 9.59 Å². The van der Waals surface area contributed by atoms with E-state index in [0.717, 1.165) is 16.8 Å². The summed E-state index contributed by atoms with van der Waals surface area (Å²) in [5, 5.41) is 3.50. The molecule has 0 fully saturated rings. The lowest BCUT2D eigenvalue weighted by molar-refractivity contribution is -0.117. The van der Waals surface area contributed by atoms with Crippen LogP contribution < -0.4 is 10.2 Å². The number of amides is 2. The molecule has 0 saturated carbocycles. The number of nitrogens with zero attached hydrogens (tertiary/aromatic N) is 1. The van der Waals surface area contributed by atoms with E-state index < -0.39 is 6.04 Å². The molecule has 0 radical (unpaired) electrons. The molecule has 0 unspecified atom stereocenters. The highest BCUT2D eigenvalue weighted by molar-refractivity contribution is 6.31. The molecule has 0 aromatic heterocycles. The monoisotopic (exact) mass is 390 g/mol. The predicted molar refractivity (Wildman–Crippen MR) is 112 cm³/mol. The highest BCUT2D eigenvalue weighted by atomic mass is 35.5. The third-order valence-electron chi connectivity index (χ3n) is 4.98.